The number of hydrogen-bond acceptors (Lipinski definition) is 2. The Hall–Kier alpha value is -1.35. The minimum absolute atomic E-state index is 0.00839. The maximum absolute atomic E-state index is 12.5. The molecular formula is C21H37NO2. The maximum Gasteiger partial charge on any atom is 0.222 e. The van der Waals surface area contributed by atoms with Gasteiger partial charge in [-0.15, -0.1) is 0 Å². The Kier molecular flexibility index (Phi) is 11.4. The van der Waals surface area contributed by atoms with Gasteiger partial charge in [-0.2, -0.15) is 0 Å². The molecule has 0 heterocycles. The largest absolute Gasteiger partial charge is 0.381 e. The van der Waals surface area contributed by atoms with Crippen LogP contribution in [0.2, 0.25) is 0 Å². The van der Waals surface area contributed by atoms with Gasteiger partial charge < -0.3 is 9.64 Å². The van der Waals surface area contributed by atoms with Crippen LogP contribution in [0.4, 0.5) is 0 Å². The molecule has 0 N–H and O–H groups in total. The second-order valence-electron chi connectivity index (χ2n) is 6.69. The van der Waals surface area contributed by atoms with Crippen molar-refractivity contribution in [1.29, 1.82) is 0 Å². The van der Waals surface area contributed by atoms with E-state index >= 15 is 0 Å². The van der Waals surface area contributed by atoms with Gasteiger partial charge in [0.05, 0.1) is 6.61 Å². The van der Waals surface area contributed by atoms with Crippen molar-refractivity contribution in [3.8, 4) is 0 Å². The van der Waals surface area contributed by atoms with E-state index in [1.165, 1.54) is 11.1 Å². The van der Waals surface area contributed by atoms with Crippen LogP contribution in [-0.2, 0) is 16.0 Å². The molecule has 24 heavy (non-hydrogen) atoms. The molecule has 1 aromatic rings. The van der Waals surface area contributed by atoms with Crippen LogP contribution in [0.5, 0.6) is 0 Å². The van der Waals surface area contributed by atoms with Gasteiger partial charge in [-0.1, -0.05) is 57.5 Å². The number of carbonyl (C=O) groups is 1. The Morgan fingerprint density at radius 3 is 2.21 bits per heavy atom. The SMILES string of the molecule is CC.CCOCC(C)(C)CN(CC)C(=O)CCc1ccc(C)cc1. The lowest BCUT2D eigenvalue weighted by molar-refractivity contribution is -0.132. The van der Waals surface area contributed by atoms with Crippen molar-refractivity contribution < 1.29 is 9.53 Å². The third-order valence-electron chi connectivity index (χ3n) is 3.80. The highest BCUT2D eigenvalue weighted by atomic mass is 16.5. The molecule has 1 amide bonds. The van der Waals surface area contributed by atoms with Gasteiger partial charge in [-0.05, 0) is 32.8 Å². The Morgan fingerprint density at radius 2 is 1.71 bits per heavy atom. The van der Waals surface area contributed by atoms with Gasteiger partial charge in [0, 0.05) is 31.5 Å². The summed E-state index contributed by atoms with van der Waals surface area (Å²) in [5, 5.41) is 0. The van der Waals surface area contributed by atoms with E-state index in [9.17, 15) is 4.79 Å². The molecule has 3 nitrogen and oxygen atoms in total. The second kappa shape index (κ2) is 12.1. The van der Waals surface area contributed by atoms with Crippen LogP contribution in [0, 0.1) is 12.3 Å². The number of nitrogens with zero attached hydrogens (tertiary/aromatic N) is 1. The molecule has 0 atom stereocenters. The molecule has 3 heteroatoms. The zero-order valence-electron chi connectivity index (χ0n) is 16.8. The molecule has 0 aliphatic carbocycles. The molecule has 0 unspecified atom stereocenters. The lowest BCUT2D eigenvalue weighted by atomic mass is 9.93. The number of aryl methyl sites for hydroxylation is 2. The minimum Gasteiger partial charge on any atom is -0.381 e. The van der Waals surface area contributed by atoms with Crippen LogP contribution >= 0.6 is 0 Å². The normalized spacial score (nSPS) is 10.8. The lowest BCUT2D eigenvalue weighted by Crippen LogP contribution is -2.40. The summed E-state index contributed by atoms with van der Waals surface area (Å²) < 4.78 is 5.53. The molecule has 0 saturated carbocycles. The van der Waals surface area contributed by atoms with E-state index in [1.807, 2.05) is 32.6 Å². The second-order valence-corrected chi connectivity index (χ2v) is 6.69. The van der Waals surface area contributed by atoms with Crippen molar-refractivity contribution in [1.82, 2.24) is 4.90 Å². The van der Waals surface area contributed by atoms with Crippen molar-refractivity contribution in [3.63, 3.8) is 0 Å². The van der Waals surface area contributed by atoms with Gasteiger partial charge in [0.25, 0.3) is 0 Å². The molecule has 0 spiro atoms. The molecular weight excluding hydrogens is 298 g/mol. The monoisotopic (exact) mass is 335 g/mol. The fourth-order valence-electron chi connectivity index (χ4n) is 2.48. The summed E-state index contributed by atoms with van der Waals surface area (Å²) in [6, 6.07) is 8.42. The zero-order chi connectivity index (χ0) is 18.6. The summed E-state index contributed by atoms with van der Waals surface area (Å²) >= 11 is 0. The Bertz CT molecular complexity index is 451. The third kappa shape index (κ3) is 9.07. The van der Waals surface area contributed by atoms with E-state index in [2.05, 4.69) is 45.0 Å². The van der Waals surface area contributed by atoms with Gasteiger partial charge in [0.1, 0.15) is 0 Å². The number of hydrogen-bond donors (Lipinski definition) is 0. The van der Waals surface area contributed by atoms with Crippen LogP contribution in [0.1, 0.15) is 59.1 Å². The van der Waals surface area contributed by atoms with E-state index in [0.717, 1.165) is 26.1 Å². The first-order valence-electron chi connectivity index (χ1n) is 9.29. The van der Waals surface area contributed by atoms with Crippen LogP contribution in [0.15, 0.2) is 24.3 Å². The quantitative estimate of drug-likeness (QED) is 0.644. The molecule has 0 fully saturated rings. The molecule has 0 aliphatic heterocycles. The topological polar surface area (TPSA) is 29.5 Å². The Labute approximate surface area is 149 Å². The number of amides is 1. The van der Waals surface area contributed by atoms with Crippen molar-refractivity contribution >= 4 is 5.91 Å². The number of carbonyl (C=O) groups excluding carboxylic acids is 1. The molecule has 1 rings (SSSR count). The average molecular weight is 336 g/mol. The first kappa shape index (κ1) is 22.6. The predicted molar refractivity (Wildman–Crippen MR) is 103 cm³/mol. The van der Waals surface area contributed by atoms with Crippen molar-refractivity contribution in [2.75, 3.05) is 26.3 Å². The molecule has 0 radical (unpaired) electrons. The summed E-state index contributed by atoms with van der Waals surface area (Å²) in [5.74, 6) is 0.229. The number of rotatable bonds is 9. The van der Waals surface area contributed by atoms with Crippen LogP contribution in [0.25, 0.3) is 0 Å². The van der Waals surface area contributed by atoms with E-state index in [4.69, 9.17) is 4.74 Å². The summed E-state index contributed by atoms with van der Waals surface area (Å²) in [4.78, 5) is 14.4. The van der Waals surface area contributed by atoms with Crippen molar-refractivity contribution in [2.24, 2.45) is 5.41 Å². The van der Waals surface area contributed by atoms with E-state index in [1.54, 1.807) is 0 Å². The molecule has 1 aromatic carbocycles. The fourth-order valence-corrected chi connectivity index (χ4v) is 2.48. The van der Waals surface area contributed by atoms with Crippen LogP contribution in [-0.4, -0.2) is 37.1 Å². The Balaban J connectivity index is 0.00000254. The summed E-state index contributed by atoms with van der Waals surface area (Å²) in [5.41, 5.74) is 2.47. The predicted octanol–water partition coefficient (Wildman–Crippen LogP) is 4.87. The highest BCUT2D eigenvalue weighted by Gasteiger charge is 2.24. The number of benzene rings is 1. The molecule has 0 aromatic heterocycles. The zero-order valence-corrected chi connectivity index (χ0v) is 16.8. The summed E-state index contributed by atoms with van der Waals surface area (Å²) in [7, 11) is 0. The molecule has 0 saturated heterocycles. The van der Waals surface area contributed by atoms with Gasteiger partial charge in [0.2, 0.25) is 5.91 Å². The van der Waals surface area contributed by atoms with Gasteiger partial charge in [-0.3, -0.25) is 4.79 Å². The van der Waals surface area contributed by atoms with Crippen LogP contribution < -0.4 is 0 Å². The van der Waals surface area contributed by atoms with Crippen molar-refractivity contribution in [3.05, 3.63) is 35.4 Å². The van der Waals surface area contributed by atoms with Gasteiger partial charge in [0.15, 0.2) is 0 Å². The fraction of sp³-hybridized carbons (Fsp3) is 0.667. The molecule has 138 valence electrons. The summed E-state index contributed by atoms with van der Waals surface area (Å²) in [6.07, 6.45) is 1.38. The minimum atomic E-state index is -0.00839. The average Bonchev–Trinajstić information content (AvgIpc) is 2.59. The molecule has 0 aliphatic rings. The van der Waals surface area contributed by atoms with E-state index in [-0.39, 0.29) is 11.3 Å². The highest BCUT2D eigenvalue weighted by molar-refractivity contribution is 5.76. The highest BCUT2D eigenvalue weighted by Crippen LogP contribution is 2.18. The van der Waals surface area contributed by atoms with E-state index < -0.39 is 0 Å². The van der Waals surface area contributed by atoms with Gasteiger partial charge >= 0.3 is 0 Å². The molecule has 0 bridgehead atoms. The van der Waals surface area contributed by atoms with Crippen LogP contribution in [0.3, 0.4) is 0 Å². The standard InChI is InChI=1S/C19H31NO2.C2H6/c1-6-20(14-19(4,5)15-22-7-2)18(21)13-12-17-10-8-16(3)9-11-17;1-2/h8-11H,6-7,12-15H2,1-5H3;1-2H3. The van der Waals surface area contributed by atoms with E-state index in [0.29, 0.717) is 13.0 Å². The lowest BCUT2D eigenvalue weighted by Gasteiger charge is -2.32. The smallest absolute Gasteiger partial charge is 0.222 e. The Morgan fingerprint density at radius 1 is 1.12 bits per heavy atom. The summed E-state index contributed by atoms with van der Waals surface area (Å²) in [6.45, 7) is 17.3. The number of ether oxygens (including phenoxy) is 1. The first-order valence-corrected chi connectivity index (χ1v) is 9.29. The first-order chi connectivity index (χ1) is 11.4. The third-order valence-corrected chi connectivity index (χ3v) is 3.80. The van der Waals surface area contributed by atoms with Crippen molar-refractivity contribution in [2.45, 2.75) is 61.3 Å². The maximum atomic E-state index is 12.5. The van der Waals surface area contributed by atoms with Gasteiger partial charge in [-0.25, -0.2) is 0 Å².